The lowest BCUT2D eigenvalue weighted by molar-refractivity contribution is 0.0203. The summed E-state index contributed by atoms with van der Waals surface area (Å²) in [7, 11) is 0. The van der Waals surface area contributed by atoms with Crippen molar-refractivity contribution in [2.45, 2.75) is 57.4 Å². The van der Waals surface area contributed by atoms with Crippen molar-refractivity contribution in [3.63, 3.8) is 0 Å². The molecule has 0 bridgehead atoms. The van der Waals surface area contributed by atoms with Crippen molar-refractivity contribution < 1.29 is 5.11 Å². The zero-order chi connectivity index (χ0) is 12.8. The van der Waals surface area contributed by atoms with Gasteiger partial charge >= 0.3 is 0 Å². The minimum Gasteiger partial charge on any atom is -0.394 e. The average molecular weight is 254 g/mol. The summed E-state index contributed by atoms with van der Waals surface area (Å²) in [5.74, 6) is 0.892. The molecule has 106 valence electrons. The molecule has 2 aliphatic rings. The lowest BCUT2D eigenvalue weighted by atomic mass is 9.88. The third-order valence-corrected chi connectivity index (χ3v) is 5.16. The Labute approximate surface area is 112 Å². The van der Waals surface area contributed by atoms with Crippen LogP contribution in [0.3, 0.4) is 0 Å². The summed E-state index contributed by atoms with van der Waals surface area (Å²) in [4.78, 5) is 2.59. The zero-order valence-electron chi connectivity index (χ0n) is 12.0. The largest absolute Gasteiger partial charge is 0.394 e. The van der Waals surface area contributed by atoms with Crippen molar-refractivity contribution in [3.05, 3.63) is 0 Å². The van der Waals surface area contributed by atoms with E-state index in [0.29, 0.717) is 6.61 Å². The van der Waals surface area contributed by atoms with E-state index in [1.807, 2.05) is 0 Å². The standard InChI is InChI=1S/C15H30N2O/c1-2-14-5-3-7-15(13-18,8-6-14)17-11-4-9-16-10-12-17/h14,16,18H,2-13H2,1H3. The molecule has 3 heteroatoms. The second kappa shape index (κ2) is 6.88. The fourth-order valence-electron chi connectivity index (χ4n) is 3.76. The maximum Gasteiger partial charge on any atom is 0.0615 e. The third kappa shape index (κ3) is 3.25. The van der Waals surface area contributed by atoms with E-state index in [9.17, 15) is 5.11 Å². The van der Waals surface area contributed by atoms with Gasteiger partial charge in [-0.1, -0.05) is 26.2 Å². The molecule has 2 N–H and O–H groups in total. The molecular formula is C15H30N2O. The highest BCUT2D eigenvalue weighted by Crippen LogP contribution is 2.36. The van der Waals surface area contributed by atoms with Crippen molar-refractivity contribution in [2.24, 2.45) is 5.92 Å². The second-order valence-corrected chi connectivity index (χ2v) is 6.18. The molecule has 0 spiro atoms. The van der Waals surface area contributed by atoms with Crippen molar-refractivity contribution in [1.29, 1.82) is 0 Å². The van der Waals surface area contributed by atoms with Crippen LogP contribution in [0.5, 0.6) is 0 Å². The lowest BCUT2D eigenvalue weighted by Crippen LogP contribution is -2.52. The fraction of sp³-hybridized carbons (Fsp3) is 1.00. The highest BCUT2D eigenvalue weighted by molar-refractivity contribution is 4.93. The van der Waals surface area contributed by atoms with Crippen LogP contribution in [0.25, 0.3) is 0 Å². The van der Waals surface area contributed by atoms with Gasteiger partial charge < -0.3 is 10.4 Å². The molecule has 2 atom stereocenters. The van der Waals surface area contributed by atoms with Crippen LogP contribution in [0, 0.1) is 5.92 Å². The summed E-state index contributed by atoms with van der Waals surface area (Å²) in [5.41, 5.74) is 0.0932. The number of nitrogens with zero attached hydrogens (tertiary/aromatic N) is 1. The minimum absolute atomic E-state index is 0.0932. The first-order valence-electron chi connectivity index (χ1n) is 7.87. The van der Waals surface area contributed by atoms with E-state index in [1.54, 1.807) is 0 Å². The molecule has 0 radical (unpaired) electrons. The summed E-state index contributed by atoms with van der Waals surface area (Å²) < 4.78 is 0. The van der Waals surface area contributed by atoms with E-state index in [1.165, 1.54) is 44.9 Å². The highest BCUT2D eigenvalue weighted by atomic mass is 16.3. The molecule has 1 saturated carbocycles. The van der Waals surface area contributed by atoms with E-state index in [4.69, 9.17) is 0 Å². The Kier molecular flexibility index (Phi) is 5.46. The van der Waals surface area contributed by atoms with Gasteiger partial charge in [0, 0.05) is 25.2 Å². The molecule has 0 amide bonds. The molecule has 18 heavy (non-hydrogen) atoms. The second-order valence-electron chi connectivity index (χ2n) is 6.18. The number of rotatable bonds is 3. The summed E-state index contributed by atoms with van der Waals surface area (Å²) >= 11 is 0. The van der Waals surface area contributed by atoms with Gasteiger partial charge in [0.25, 0.3) is 0 Å². The summed E-state index contributed by atoms with van der Waals surface area (Å²) in [6.07, 6.45) is 8.89. The summed E-state index contributed by atoms with van der Waals surface area (Å²) in [5, 5.41) is 13.5. The first-order valence-corrected chi connectivity index (χ1v) is 7.87. The average Bonchev–Trinajstić information content (AvgIpc) is 2.79. The van der Waals surface area contributed by atoms with Crippen molar-refractivity contribution in [1.82, 2.24) is 10.2 Å². The van der Waals surface area contributed by atoms with Gasteiger partial charge in [-0.05, 0) is 38.1 Å². The van der Waals surface area contributed by atoms with E-state index in [0.717, 1.165) is 32.1 Å². The number of aliphatic hydroxyl groups is 1. The van der Waals surface area contributed by atoms with Gasteiger partial charge in [-0.15, -0.1) is 0 Å². The van der Waals surface area contributed by atoms with E-state index >= 15 is 0 Å². The fourth-order valence-corrected chi connectivity index (χ4v) is 3.76. The van der Waals surface area contributed by atoms with Crippen LogP contribution in [-0.2, 0) is 0 Å². The first kappa shape index (κ1) is 14.3. The number of hydrogen-bond donors (Lipinski definition) is 2. The molecule has 0 aromatic carbocycles. The van der Waals surface area contributed by atoms with Crippen LogP contribution < -0.4 is 5.32 Å². The molecular weight excluding hydrogens is 224 g/mol. The highest BCUT2D eigenvalue weighted by Gasteiger charge is 2.37. The van der Waals surface area contributed by atoms with Gasteiger partial charge in [0.05, 0.1) is 6.61 Å². The molecule has 1 heterocycles. The smallest absolute Gasteiger partial charge is 0.0615 e. The van der Waals surface area contributed by atoms with Gasteiger partial charge in [0.15, 0.2) is 0 Å². The molecule has 2 unspecified atom stereocenters. The summed E-state index contributed by atoms with van der Waals surface area (Å²) in [6, 6.07) is 0. The van der Waals surface area contributed by atoms with Crippen LogP contribution in [-0.4, -0.2) is 48.3 Å². The molecule has 3 nitrogen and oxygen atoms in total. The number of aliphatic hydroxyl groups excluding tert-OH is 1. The third-order valence-electron chi connectivity index (χ3n) is 5.16. The van der Waals surface area contributed by atoms with Gasteiger partial charge in [0.1, 0.15) is 0 Å². The quantitative estimate of drug-likeness (QED) is 0.756. The molecule has 1 aliphatic carbocycles. The van der Waals surface area contributed by atoms with Gasteiger partial charge in [0.2, 0.25) is 0 Å². The number of nitrogens with one attached hydrogen (secondary N) is 1. The molecule has 0 aromatic rings. The predicted molar refractivity (Wildman–Crippen MR) is 75.7 cm³/mol. The topological polar surface area (TPSA) is 35.5 Å². The van der Waals surface area contributed by atoms with E-state index in [2.05, 4.69) is 17.1 Å². The Morgan fingerprint density at radius 1 is 1.17 bits per heavy atom. The monoisotopic (exact) mass is 254 g/mol. The lowest BCUT2D eigenvalue weighted by Gasteiger charge is -2.42. The first-order chi connectivity index (χ1) is 8.80. The predicted octanol–water partition coefficient (Wildman–Crippen LogP) is 2.00. The zero-order valence-corrected chi connectivity index (χ0v) is 12.0. The van der Waals surface area contributed by atoms with Crippen LogP contribution in [0.4, 0.5) is 0 Å². The van der Waals surface area contributed by atoms with Gasteiger partial charge in [-0.2, -0.15) is 0 Å². The van der Waals surface area contributed by atoms with Crippen LogP contribution in [0.1, 0.15) is 51.9 Å². The van der Waals surface area contributed by atoms with E-state index < -0.39 is 0 Å². The molecule has 1 aliphatic heterocycles. The van der Waals surface area contributed by atoms with Crippen molar-refractivity contribution in [2.75, 3.05) is 32.8 Å². The SMILES string of the molecule is CCC1CCCC(CO)(N2CCCNCC2)CC1. The Hall–Kier alpha value is -0.120. The molecule has 1 saturated heterocycles. The Morgan fingerprint density at radius 2 is 2.06 bits per heavy atom. The Balaban J connectivity index is 2.03. The molecule has 0 aromatic heterocycles. The molecule has 2 fully saturated rings. The maximum atomic E-state index is 10.0. The van der Waals surface area contributed by atoms with Crippen LogP contribution >= 0.6 is 0 Å². The normalized spacial score (nSPS) is 36.0. The Bertz CT molecular complexity index is 239. The van der Waals surface area contributed by atoms with Crippen LogP contribution in [0.2, 0.25) is 0 Å². The van der Waals surface area contributed by atoms with Crippen molar-refractivity contribution in [3.8, 4) is 0 Å². The Morgan fingerprint density at radius 3 is 2.83 bits per heavy atom. The van der Waals surface area contributed by atoms with Gasteiger partial charge in [-0.3, -0.25) is 4.90 Å². The maximum absolute atomic E-state index is 10.0. The van der Waals surface area contributed by atoms with Crippen LogP contribution in [0.15, 0.2) is 0 Å². The molecule has 2 rings (SSSR count). The van der Waals surface area contributed by atoms with Crippen molar-refractivity contribution >= 4 is 0 Å². The summed E-state index contributed by atoms with van der Waals surface area (Å²) in [6.45, 7) is 7.14. The van der Waals surface area contributed by atoms with E-state index in [-0.39, 0.29) is 5.54 Å². The number of hydrogen-bond acceptors (Lipinski definition) is 3. The van der Waals surface area contributed by atoms with Gasteiger partial charge in [-0.25, -0.2) is 0 Å². The minimum atomic E-state index is 0.0932.